The van der Waals surface area contributed by atoms with E-state index in [9.17, 15) is 9.90 Å². The second-order valence-corrected chi connectivity index (χ2v) is 2.97. The molecule has 4 nitrogen and oxygen atoms in total. The van der Waals surface area contributed by atoms with Gasteiger partial charge in [0.25, 0.3) is 0 Å². The highest BCUT2D eigenvalue weighted by atomic mass is 16.5. The van der Waals surface area contributed by atoms with E-state index in [1.807, 2.05) is 6.07 Å². The third-order valence-electron chi connectivity index (χ3n) is 1.87. The highest BCUT2D eigenvalue weighted by Gasteiger charge is 1.98. The first kappa shape index (κ1) is 11.1. The molecule has 15 heavy (non-hydrogen) atoms. The maximum absolute atomic E-state index is 10.8. The van der Waals surface area contributed by atoms with E-state index < -0.39 is 5.97 Å². The van der Waals surface area contributed by atoms with Crippen LogP contribution in [0.3, 0.4) is 0 Å². The number of aromatic hydroxyl groups is 1. The lowest BCUT2D eigenvalue weighted by molar-refractivity contribution is -0.134. The summed E-state index contributed by atoms with van der Waals surface area (Å²) in [4.78, 5) is 12.5. The average molecular weight is 207 g/mol. The second-order valence-electron chi connectivity index (χ2n) is 2.97. The van der Waals surface area contributed by atoms with Crippen LogP contribution in [0.25, 0.3) is 0 Å². The molecule has 80 valence electrons. The number of phenols is 1. The number of nitrogens with zero attached hydrogens (tertiary/aromatic N) is 1. The van der Waals surface area contributed by atoms with Crippen molar-refractivity contribution in [3.8, 4) is 5.75 Å². The summed E-state index contributed by atoms with van der Waals surface area (Å²) in [5, 5.41) is 9.24. The summed E-state index contributed by atoms with van der Waals surface area (Å²) in [6, 6.07) is 6.73. The molecule has 1 rings (SSSR count). The standard InChI is InChI=1S/C11H13NO3/c1-12(7-6-11(14)15-2)9-4-3-5-10(13)8-9/h3-8,13H,1-2H3/b7-6+. The zero-order valence-corrected chi connectivity index (χ0v) is 8.68. The Bertz CT molecular complexity index is 374. The van der Waals surface area contributed by atoms with Crippen LogP contribution >= 0.6 is 0 Å². The Morgan fingerprint density at radius 2 is 2.27 bits per heavy atom. The monoisotopic (exact) mass is 207 g/mol. The van der Waals surface area contributed by atoms with Crippen LogP contribution in [0.1, 0.15) is 0 Å². The summed E-state index contributed by atoms with van der Waals surface area (Å²) in [5.41, 5.74) is 0.787. The van der Waals surface area contributed by atoms with Gasteiger partial charge in [-0.1, -0.05) is 6.07 Å². The van der Waals surface area contributed by atoms with Crippen LogP contribution in [0.5, 0.6) is 5.75 Å². The quantitative estimate of drug-likeness (QED) is 0.603. The van der Waals surface area contributed by atoms with E-state index in [-0.39, 0.29) is 5.75 Å². The fraction of sp³-hybridized carbons (Fsp3) is 0.182. The van der Waals surface area contributed by atoms with Gasteiger partial charge in [-0.15, -0.1) is 0 Å². The molecule has 0 aromatic heterocycles. The number of carbonyl (C=O) groups excluding carboxylic acids is 1. The number of hydrogen-bond donors (Lipinski definition) is 1. The number of ether oxygens (including phenoxy) is 1. The summed E-state index contributed by atoms with van der Waals surface area (Å²) >= 11 is 0. The zero-order chi connectivity index (χ0) is 11.3. The van der Waals surface area contributed by atoms with Crippen molar-refractivity contribution in [2.45, 2.75) is 0 Å². The van der Waals surface area contributed by atoms with Crippen LogP contribution in [-0.4, -0.2) is 25.2 Å². The van der Waals surface area contributed by atoms with Gasteiger partial charge in [0, 0.05) is 31.1 Å². The smallest absolute Gasteiger partial charge is 0.331 e. The first-order chi connectivity index (χ1) is 7.13. The Kier molecular flexibility index (Phi) is 3.74. The third kappa shape index (κ3) is 3.34. The van der Waals surface area contributed by atoms with Crippen molar-refractivity contribution >= 4 is 11.7 Å². The number of methoxy groups -OCH3 is 1. The van der Waals surface area contributed by atoms with Gasteiger partial charge in [0.05, 0.1) is 7.11 Å². The number of anilines is 1. The van der Waals surface area contributed by atoms with Crippen molar-refractivity contribution in [3.05, 3.63) is 36.5 Å². The minimum Gasteiger partial charge on any atom is -0.508 e. The summed E-state index contributed by atoms with van der Waals surface area (Å²) < 4.78 is 4.46. The maximum atomic E-state index is 10.8. The van der Waals surface area contributed by atoms with Crippen LogP contribution in [0.2, 0.25) is 0 Å². The lowest BCUT2D eigenvalue weighted by atomic mass is 10.3. The molecule has 1 aromatic rings. The normalized spacial score (nSPS) is 10.3. The predicted molar refractivity (Wildman–Crippen MR) is 57.7 cm³/mol. The van der Waals surface area contributed by atoms with Crippen molar-refractivity contribution in [1.29, 1.82) is 0 Å². The van der Waals surface area contributed by atoms with Gasteiger partial charge in [-0.2, -0.15) is 0 Å². The molecule has 1 aromatic carbocycles. The zero-order valence-electron chi connectivity index (χ0n) is 8.68. The van der Waals surface area contributed by atoms with Gasteiger partial charge < -0.3 is 14.7 Å². The van der Waals surface area contributed by atoms with E-state index in [1.165, 1.54) is 13.2 Å². The largest absolute Gasteiger partial charge is 0.508 e. The molecule has 0 unspecified atom stereocenters. The molecule has 0 aliphatic rings. The number of esters is 1. The third-order valence-corrected chi connectivity index (χ3v) is 1.87. The van der Waals surface area contributed by atoms with Crippen molar-refractivity contribution in [1.82, 2.24) is 0 Å². The van der Waals surface area contributed by atoms with Crippen molar-refractivity contribution in [2.75, 3.05) is 19.1 Å². The molecule has 0 heterocycles. The summed E-state index contributed by atoms with van der Waals surface area (Å²) in [6.45, 7) is 0. The minimum absolute atomic E-state index is 0.186. The van der Waals surface area contributed by atoms with Gasteiger partial charge in [-0.3, -0.25) is 0 Å². The molecule has 0 spiro atoms. The SMILES string of the molecule is COC(=O)/C=C/N(C)c1cccc(O)c1. The van der Waals surface area contributed by atoms with E-state index in [4.69, 9.17) is 0 Å². The molecule has 0 saturated heterocycles. The van der Waals surface area contributed by atoms with Gasteiger partial charge >= 0.3 is 5.97 Å². The average Bonchev–Trinajstić information content (AvgIpc) is 2.25. The lowest BCUT2D eigenvalue weighted by Gasteiger charge is -2.13. The van der Waals surface area contributed by atoms with E-state index >= 15 is 0 Å². The molecule has 0 bridgehead atoms. The topological polar surface area (TPSA) is 49.8 Å². The highest BCUT2D eigenvalue weighted by molar-refractivity contribution is 5.82. The molecular weight excluding hydrogens is 194 g/mol. The van der Waals surface area contributed by atoms with Crippen LogP contribution in [0.15, 0.2) is 36.5 Å². The molecule has 0 fully saturated rings. The van der Waals surface area contributed by atoms with Crippen LogP contribution < -0.4 is 4.90 Å². The Balaban J connectivity index is 2.73. The Labute approximate surface area is 88.4 Å². The summed E-state index contributed by atoms with van der Waals surface area (Å²) in [7, 11) is 3.09. The summed E-state index contributed by atoms with van der Waals surface area (Å²) in [6.07, 6.45) is 2.88. The molecule has 0 radical (unpaired) electrons. The van der Waals surface area contributed by atoms with E-state index in [2.05, 4.69) is 4.74 Å². The molecule has 0 aliphatic carbocycles. The fourth-order valence-corrected chi connectivity index (χ4v) is 1.04. The Morgan fingerprint density at radius 3 is 2.87 bits per heavy atom. The van der Waals surface area contributed by atoms with Gasteiger partial charge in [-0.25, -0.2) is 4.79 Å². The van der Waals surface area contributed by atoms with Crippen LogP contribution in [-0.2, 0) is 9.53 Å². The molecule has 0 saturated carbocycles. The van der Waals surface area contributed by atoms with Crippen LogP contribution in [0, 0.1) is 0 Å². The minimum atomic E-state index is -0.415. The number of phenolic OH excluding ortho intramolecular Hbond substituents is 1. The predicted octanol–water partition coefficient (Wildman–Crippen LogP) is 1.52. The van der Waals surface area contributed by atoms with Gasteiger partial charge in [-0.05, 0) is 12.1 Å². The van der Waals surface area contributed by atoms with Crippen molar-refractivity contribution in [3.63, 3.8) is 0 Å². The van der Waals surface area contributed by atoms with Gasteiger partial charge in [0.2, 0.25) is 0 Å². The maximum Gasteiger partial charge on any atom is 0.331 e. The second kappa shape index (κ2) is 5.05. The molecular formula is C11H13NO3. The molecule has 0 aliphatic heterocycles. The van der Waals surface area contributed by atoms with E-state index in [0.29, 0.717) is 0 Å². The van der Waals surface area contributed by atoms with Crippen molar-refractivity contribution < 1.29 is 14.6 Å². The summed E-state index contributed by atoms with van der Waals surface area (Å²) in [5.74, 6) is -0.229. The number of hydrogen-bond acceptors (Lipinski definition) is 4. The Hall–Kier alpha value is -1.97. The van der Waals surface area contributed by atoms with Gasteiger partial charge in [0.15, 0.2) is 0 Å². The molecule has 0 amide bonds. The fourth-order valence-electron chi connectivity index (χ4n) is 1.04. The number of carbonyl (C=O) groups is 1. The molecule has 4 heteroatoms. The highest BCUT2D eigenvalue weighted by Crippen LogP contribution is 2.18. The lowest BCUT2D eigenvalue weighted by Crippen LogP contribution is -2.09. The van der Waals surface area contributed by atoms with Crippen molar-refractivity contribution in [2.24, 2.45) is 0 Å². The number of rotatable bonds is 3. The first-order valence-corrected chi connectivity index (χ1v) is 4.41. The molecule has 1 N–H and O–H groups in total. The Morgan fingerprint density at radius 1 is 1.53 bits per heavy atom. The van der Waals surface area contributed by atoms with Gasteiger partial charge in [0.1, 0.15) is 5.75 Å². The molecule has 0 atom stereocenters. The first-order valence-electron chi connectivity index (χ1n) is 4.41. The van der Waals surface area contributed by atoms with E-state index in [0.717, 1.165) is 5.69 Å². The number of benzene rings is 1. The van der Waals surface area contributed by atoms with Crippen LogP contribution in [0.4, 0.5) is 5.69 Å². The van der Waals surface area contributed by atoms with E-state index in [1.54, 1.807) is 36.3 Å².